The van der Waals surface area contributed by atoms with Crippen molar-refractivity contribution in [2.75, 3.05) is 16.6 Å². The Kier molecular flexibility index (Phi) is 6.67. The average molecular weight is 517 g/mol. The van der Waals surface area contributed by atoms with Crippen LogP contribution >= 0.6 is 27.5 Å². The molecule has 0 radical (unpaired) electrons. The third-order valence-corrected chi connectivity index (χ3v) is 9.62. The van der Waals surface area contributed by atoms with Crippen LogP contribution in [0.5, 0.6) is 0 Å². The number of anilines is 2. The molecule has 0 aromatic carbocycles. The van der Waals surface area contributed by atoms with E-state index in [0.29, 0.717) is 10.7 Å². The van der Waals surface area contributed by atoms with Gasteiger partial charge in [-0.05, 0) is 32.4 Å². The van der Waals surface area contributed by atoms with Gasteiger partial charge in [-0.1, -0.05) is 0 Å². The standard InChI is InChI=1S/C17H24IN7O2S/c1-13-17(14(2)24(3)22-13)23-28(27,18-26)15-5-6-16(21-11-15)20-7-4-9-25-10-8-19-12-25/h5-6,8,10-12,23,27H,4,7,9H2,1-3H3,(H,20,21). The van der Waals surface area contributed by atoms with Crippen LogP contribution in [0, 0.1) is 13.8 Å². The van der Waals surface area contributed by atoms with E-state index in [1.54, 1.807) is 35.5 Å². The topological polar surface area (TPSA) is 110 Å². The minimum atomic E-state index is -2.66. The number of aromatic nitrogens is 5. The van der Waals surface area contributed by atoms with Crippen LogP contribution < -0.4 is 10.0 Å². The summed E-state index contributed by atoms with van der Waals surface area (Å²) in [6.07, 6.45) is 8.00. The van der Waals surface area contributed by atoms with Gasteiger partial charge in [0, 0.05) is 38.7 Å². The van der Waals surface area contributed by atoms with Crippen LogP contribution in [0.4, 0.5) is 11.5 Å². The van der Waals surface area contributed by atoms with Crippen LogP contribution in [0.1, 0.15) is 17.8 Å². The number of nitrogens with zero attached hydrogens (tertiary/aromatic N) is 5. The molecule has 0 aliphatic carbocycles. The van der Waals surface area contributed by atoms with E-state index in [4.69, 9.17) is 0 Å². The molecule has 0 amide bonds. The molecule has 1 atom stereocenters. The van der Waals surface area contributed by atoms with E-state index < -0.39 is 27.5 Å². The van der Waals surface area contributed by atoms with Crippen LogP contribution in [0.2, 0.25) is 0 Å². The molecule has 9 nitrogen and oxygen atoms in total. The minimum Gasteiger partial charge on any atom is -0.370 e. The number of rotatable bonds is 9. The highest BCUT2D eigenvalue weighted by Gasteiger charge is 2.27. The van der Waals surface area contributed by atoms with E-state index in [0.717, 1.165) is 36.6 Å². The molecule has 0 saturated heterocycles. The first-order valence-electron chi connectivity index (χ1n) is 8.71. The highest BCUT2D eigenvalue weighted by Crippen LogP contribution is 2.62. The Morgan fingerprint density at radius 1 is 1.32 bits per heavy atom. The Balaban J connectivity index is 1.63. The van der Waals surface area contributed by atoms with Gasteiger partial charge in [0.25, 0.3) is 0 Å². The summed E-state index contributed by atoms with van der Waals surface area (Å²) in [4.78, 5) is 8.93. The van der Waals surface area contributed by atoms with E-state index in [1.165, 1.54) is 0 Å². The van der Waals surface area contributed by atoms with Crippen molar-refractivity contribution in [2.24, 2.45) is 7.05 Å². The molecule has 3 heterocycles. The molecule has 11 heteroatoms. The molecular formula is C17H24IN7O2S. The lowest BCUT2D eigenvalue weighted by molar-refractivity contribution is 0.638. The van der Waals surface area contributed by atoms with E-state index in [1.807, 2.05) is 31.7 Å². The lowest BCUT2D eigenvalue weighted by Crippen LogP contribution is -2.09. The summed E-state index contributed by atoms with van der Waals surface area (Å²) in [5.41, 5.74) is 2.36. The van der Waals surface area contributed by atoms with Crippen molar-refractivity contribution in [1.29, 1.82) is 0 Å². The van der Waals surface area contributed by atoms with Gasteiger partial charge in [0.05, 0.1) is 36.0 Å². The van der Waals surface area contributed by atoms with Gasteiger partial charge in [0.1, 0.15) is 5.82 Å². The second-order valence-electron chi connectivity index (χ2n) is 6.30. The smallest absolute Gasteiger partial charge is 0.246 e. The number of hydrogen-bond donors (Lipinski definition) is 3. The lowest BCUT2D eigenvalue weighted by atomic mass is 10.3. The second kappa shape index (κ2) is 9.01. The molecule has 3 rings (SSSR count). The third-order valence-electron chi connectivity index (χ3n) is 4.34. The predicted molar refractivity (Wildman–Crippen MR) is 119 cm³/mol. The quantitative estimate of drug-likeness (QED) is 0.291. The molecule has 0 aliphatic heterocycles. The highest BCUT2D eigenvalue weighted by molar-refractivity contribution is 14.2. The third kappa shape index (κ3) is 4.70. The molecule has 0 aliphatic rings. The Morgan fingerprint density at radius 3 is 2.71 bits per heavy atom. The SMILES string of the molecule is Cc1nn(C)c(C)c1NS(O)(I=O)c1ccc(NCCCn2ccnc2)nc1. The maximum atomic E-state index is 12.0. The maximum absolute atomic E-state index is 12.0. The van der Waals surface area contributed by atoms with Crippen molar-refractivity contribution in [3.63, 3.8) is 0 Å². The first-order valence-corrected chi connectivity index (χ1v) is 13.7. The summed E-state index contributed by atoms with van der Waals surface area (Å²) < 4.78 is 29.8. The summed E-state index contributed by atoms with van der Waals surface area (Å²) in [6.45, 7) is 5.40. The molecule has 152 valence electrons. The number of hydrogen-bond acceptors (Lipinski definition) is 7. The van der Waals surface area contributed by atoms with Crippen LogP contribution in [0.15, 0.2) is 41.9 Å². The van der Waals surface area contributed by atoms with Gasteiger partial charge in [-0.15, -0.1) is 0 Å². The molecular weight excluding hydrogens is 493 g/mol. The summed E-state index contributed by atoms with van der Waals surface area (Å²) in [5.74, 6) is 0.717. The Labute approximate surface area is 174 Å². The first kappa shape index (κ1) is 20.7. The van der Waals surface area contributed by atoms with Crippen molar-refractivity contribution in [3.05, 3.63) is 48.4 Å². The number of halogens is 1. The Morgan fingerprint density at radius 2 is 2.14 bits per heavy atom. The number of pyridine rings is 1. The average Bonchev–Trinajstić information content (AvgIpc) is 3.30. The molecule has 1 unspecified atom stereocenters. The van der Waals surface area contributed by atoms with Crippen molar-refractivity contribution >= 4 is 39.0 Å². The van der Waals surface area contributed by atoms with Gasteiger partial charge in [-0.25, -0.2) is 9.97 Å². The zero-order chi connectivity index (χ0) is 20.1. The first-order chi connectivity index (χ1) is 13.4. The highest BCUT2D eigenvalue weighted by atomic mass is 127. The van der Waals surface area contributed by atoms with Gasteiger partial charge in [-0.3, -0.25) is 7.75 Å². The fourth-order valence-corrected chi connectivity index (χ4v) is 6.27. The van der Waals surface area contributed by atoms with Crippen molar-refractivity contribution in [2.45, 2.75) is 31.7 Å². The van der Waals surface area contributed by atoms with E-state index in [2.05, 4.69) is 25.1 Å². The van der Waals surface area contributed by atoms with E-state index >= 15 is 0 Å². The largest absolute Gasteiger partial charge is 0.370 e. The van der Waals surface area contributed by atoms with Gasteiger partial charge < -0.3 is 19.2 Å². The van der Waals surface area contributed by atoms with E-state index in [-0.39, 0.29) is 0 Å². The molecule has 0 bridgehead atoms. The molecule has 0 spiro atoms. The zero-order valence-electron chi connectivity index (χ0n) is 16.0. The molecule has 28 heavy (non-hydrogen) atoms. The molecule has 3 aromatic heterocycles. The maximum Gasteiger partial charge on any atom is 0.246 e. The number of imidazole rings is 1. The van der Waals surface area contributed by atoms with Gasteiger partial charge in [-0.2, -0.15) is 5.10 Å². The van der Waals surface area contributed by atoms with E-state index in [9.17, 15) is 7.62 Å². The van der Waals surface area contributed by atoms with Gasteiger partial charge in [0.15, 0.2) is 0 Å². The van der Waals surface area contributed by atoms with Gasteiger partial charge >= 0.3 is 0 Å². The monoisotopic (exact) mass is 517 g/mol. The Bertz CT molecular complexity index is 930. The summed E-state index contributed by atoms with van der Waals surface area (Å²) in [7, 11) is -0.825. The fraction of sp³-hybridized carbons (Fsp3) is 0.353. The second-order valence-corrected chi connectivity index (χ2v) is 13.0. The number of nitrogens with one attached hydrogen (secondary N) is 2. The fourth-order valence-electron chi connectivity index (χ4n) is 2.71. The van der Waals surface area contributed by atoms with Crippen LogP contribution in [0.3, 0.4) is 0 Å². The predicted octanol–water partition coefficient (Wildman–Crippen LogP) is 4.03. The lowest BCUT2D eigenvalue weighted by Gasteiger charge is -2.28. The van der Waals surface area contributed by atoms with Crippen LogP contribution in [0.25, 0.3) is 0 Å². The van der Waals surface area contributed by atoms with Crippen molar-refractivity contribution in [3.8, 4) is 0 Å². The van der Waals surface area contributed by atoms with Crippen LogP contribution in [-0.2, 0) is 16.7 Å². The summed E-state index contributed by atoms with van der Waals surface area (Å²) in [5, 5.41) is 7.59. The zero-order valence-corrected chi connectivity index (χ0v) is 18.9. The molecule has 3 N–H and O–H groups in total. The van der Waals surface area contributed by atoms with Crippen LogP contribution in [-0.4, -0.2) is 35.4 Å². The summed E-state index contributed by atoms with van der Waals surface area (Å²) in [6, 6.07) is 3.57. The summed E-state index contributed by atoms with van der Waals surface area (Å²) >= 11 is -1.74. The molecule has 0 saturated carbocycles. The number of aryl methyl sites for hydroxylation is 3. The van der Waals surface area contributed by atoms with Crippen molar-refractivity contribution in [1.82, 2.24) is 24.3 Å². The molecule has 3 aromatic rings. The molecule has 0 fully saturated rings. The van der Waals surface area contributed by atoms with Gasteiger partial charge in [0.2, 0.25) is 19.8 Å². The minimum absolute atomic E-state index is 0.543. The van der Waals surface area contributed by atoms with Crippen molar-refractivity contribution < 1.29 is 7.62 Å². The normalized spacial score (nSPS) is 14.4. The Hall–Kier alpha value is -1.99.